The molecule has 2 bridgehead atoms. The van der Waals surface area contributed by atoms with Crippen molar-refractivity contribution >= 4 is 34.6 Å². The van der Waals surface area contributed by atoms with Gasteiger partial charge in [-0.2, -0.15) is 0 Å². The Morgan fingerprint density at radius 3 is 2.21 bits per heavy atom. The Hall–Kier alpha value is -3.48. The summed E-state index contributed by atoms with van der Waals surface area (Å²) in [5.41, 5.74) is 2.19. The molecule has 1 N–H and O–H groups in total. The maximum atomic E-state index is 13.0. The maximum Gasteiger partial charge on any atom is 0.294 e. The number of nitrogens with one attached hydrogen (secondary N) is 1. The molecule has 2 aromatic rings. The van der Waals surface area contributed by atoms with Crippen LogP contribution in [0.3, 0.4) is 0 Å². The second-order valence-electron chi connectivity index (χ2n) is 7.96. The van der Waals surface area contributed by atoms with Gasteiger partial charge in [0, 0.05) is 11.8 Å². The van der Waals surface area contributed by atoms with Crippen LogP contribution in [0, 0.1) is 40.7 Å². The van der Waals surface area contributed by atoms with Crippen LogP contribution in [0.1, 0.15) is 12.0 Å². The van der Waals surface area contributed by atoms with Gasteiger partial charge < -0.3 is 5.32 Å². The molecule has 2 fully saturated rings. The standard InChI is InChI=1S/C22H19N3O4/c1-12-2-6-15(7-3-12)23-17-9-8-16(11-18(17)25(28)29)24-21(26)19-13-4-5-14(10-13)20(19)22(24)27/h2-9,11,13-14,19-20,23H,10H2,1H3. The number of rotatable bonds is 4. The van der Waals surface area contributed by atoms with Crippen molar-refractivity contribution in [2.24, 2.45) is 23.7 Å². The Kier molecular flexibility index (Phi) is 3.81. The van der Waals surface area contributed by atoms with Crippen molar-refractivity contribution in [3.8, 4) is 0 Å². The van der Waals surface area contributed by atoms with Gasteiger partial charge in [-0.1, -0.05) is 29.8 Å². The minimum atomic E-state index is -0.503. The molecular formula is C22H19N3O4. The third kappa shape index (κ3) is 2.65. The van der Waals surface area contributed by atoms with Gasteiger partial charge in [0.25, 0.3) is 5.69 Å². The fourth-order valence-electron chi connectivity index (χ4n) is 4.87. The summed E-state index contributed by atoms with van der Waals surface area (Å²) in [6, 6.07) is 11.9. The number of nitro benzene ring substituents is 1. The molecule has 2 aromatic carbocycles. The quantitative estimate of drug-likeness (QED) is 0.370. The van der Waals surface area contributed by atoms with Crippen LogP contribution in [0.4, 0.5) is 22.7 Å². The fraction of sp³-hybridized carbons (Fsp3) is 0.273. The van der Waals surface area contributed by atoms with E-state index in [0.717, 1.165) is 22.6 Å². The number of amides is 2. The molecular weight excluding hydrogens is 370 g/mol. The fourth-order valence-corrected chi connectivity index (χ4v) is 4.87. The van der Waals surface area contributed by atoms with Crippen molar-refractivity contribution in [2.75, 3.05) is 10.2 Å². The summed E-state index contributed by atoms with van der Waals surface area (Å²) in [5, 5.41) is 14.7. The summed E-state index contributed by atoms with van der Waals surface area (Å²) in [4.78, 5) is 38.2. The van der Waals surface area contributed by atoms with Crippen molar-refractivity contribution in [1.29, 1.82) is 0 Å². The van der Waals surface area contributed by atoms with Gasteiger partial charge in [0.2, 0.25) is 11.8 Å². The summed E-state index contributed by atoms with van der Waals surface area (Å²) in [6.07, 6.45) is 4.90. The molecule has 4 unspecified atom stereocenters. The minimum Gasteiger partial charge on any atom is -0.350 e. The zero-order chi connectivity index (χ0) is 20.3. The number of benzene rings is 2. The lowest BCUT2D eigenvalue weighted by Crippen LogP contribution is -2.32. The van der Waals surface area contributed by atoms with Gasteiger partial charge in [-0.15, -0.1) is 0 Å². The smallest absolute Gasteiger partial charge is 0.294 e. The van der Waals surface area contributed by atoms with E-state index in [1.165, 1.54) is 6.07 Å². The molecule has 0 aromatic heterocycles. The highest BCUT2D eigenvalue weighted by atomic mass is 16.6. The molecule has 1 saturated carbocycles. The molecule has 0 spiro atoms. The van der Waals surface area contributed by atoms with Gasteiger partial charge in [0.05, 0.1) is 22.4 Å². The van der Waals surface area contributed by atoms with Crippen LogP contribution < -0.4 is 10.2 Å². The molecule has 2 amide bonds. The largest absolute Gasteiger partial charge is 0.350 e. The van der Waals surface area contributed by atoms with Crippen LogP contribution in [0.15, 0.2) is 54.6 Å². The Morgan fingerprint density at radius 2 is 1.62 bits per heavy atom. The van der Waals surface area contributed by atoms with E-state index >= 15 is 0 Å². The summed E-state index contributed by atoms with van der Waals surface area (Å²) in [5.74, 6) is -0.951. The number of aryl methyl sites for hydroxylation is 1. The second-order valence-corrected chi connectivity index (χ2v) is 7.96. The molecule has 1 saturated heterocycles. The average molecular weight is 389 g/mol. The number of imide groups is 1. The molecule has 0 radical (unpaired) electrons. The van der Waals surface area contributed by atoms with Crippen LogP contribution in [-0.4, -0.2) is 16.7 Å². The highest BCUT2D eigenvalue weighted by molar-refractivity contribution is 6.23. The zero-order valence-corrected chi connectivity index (χ0v) is 15.7. The number of carbonyl (C=O) groups is 2. The zero-order valence-electron chi connectivity index (χ0n) is 15.7. The SMILES string of the molecule is Cc1ccc(Nc2ccc(N3C(=O)C4C5C=CC(C5)C4C3=O)cc2[N+](=O)[O-])cc1. The van der Waals surface area contributed by atoms with E-state index in [2.05, 4.69) is 5.32 Å². The lowest BCUT2D eigenvalue weighted by Gasteiger charge is -2.18. The van der Waals surface area contributed by atoms with Crippen LogP contribution in [0.25, 0.3) is 0 Å². The molecule has 146 valence electrons. The normalized spacial score (nSPS) is 26.9. The van der Waals surface area contributed by atoms with Gasteiger partial charge in [-0.3, -0.25) is 19.7 Å². The maximum absolute atomic E-state index is 13.0. The Morgan fingerprint density at radius 1 is 1.00 bits per heavy atom. The lowest BCUT2D eigenvalue weighted by molar-refractivity contribution is -0.383. The average Bonchev–Trinajstić information content (AvgIpc) is 3.38. The third-order valence-electron chi connectivity index (χ3n) is 6.24. The molecule has 2 aliphatic carbocycles. The van der Waals surface area contributed by atoms with E-state index in [1.807, 2.05) is 43.3 Å². The van der Waals surface area contributed by atoms with Gasteiger partial charge in [-0.25, -0.2) is 4.90 Å². The Labute approximate surface area is 167 Å². The summed E-state index contributed by atoms with van der Waals surface area (Å²) in [6.45, 7) is 1.96. The molecule has 3 aliphatic rings. The summed E-state index contributed by atoms with van der Waals surface area (Å²) < 4.78 is 0. The number of hydrogen-bond acceptors (Lipinski definition) is 5. The monoisotopic (exact) mass is 389 g/mol. The molecule has 7 nitrogen and oxygen atoms in total. The lowest BCUT2D eigenvalue weighted by atomic mass is 9.85. The topological polar surface area (TPSA) is 92.6 Å². The molecule has 29 heavy (non-hydrogen) atoms. The number of fused-ring (bicyclic) bond motifs is 5. The summed E-state index contributed by atoms with van der Waals surface area (Å²) in [7, 11) is 0. The van der Waals surface area contributed by atoms with Gasteiger partial charge >= 0.3 is 0 Å². The van der Waals surface area contributed by atoms with Crippen molar-refractivity contribution in [3.05, 3.63) is 70.3 Å². The number of nitrogens with zero attached hydrogens (tertiary/aromatic N) is 2. The van der Waals surface area contributed by atoms with E-state index in [-0.39, 0.29) is 46.9 Å². The Bertz CT molecular complexity index is 1050. The van der Waals surface area contributed by atoms with Crippen molar-refractivity contribution < 1.29 is 14.5 Å². The first-order valence-electron chi connectivity index (χ1n) is 9.62. The van der Waals surface area contributed by atoms with E-state index in [0.29, 0.717) is 5.69 Å². The van der Waals surface area contributed by atoms with Crippen molar-refractivity contribution in [3.63, 3.8) is 0 Å². The second kappa shape index (κ2) is 6.27. The highest BCUT2D eigenvalue weighted by Gasteiger charge is 2.59. The summed E-state index contributed by atoms with van der Waals surface area (Å²) >= 11 is 0. The van der Waals surface area contributed by atoms with Crippen LogP contribution >= 0.6 is 0 Å². The van der Waals surface area contributed by atoms with Gasteiger partial charge in [-0.05, 0) is 49.4 Å². The third-order valence-corrected chi connectivity index (χ3v) is 6.24. The first-order valence-corrected chi connectivity index (χ1v) is 9.62. The van der Waals surface area contributed by atoms with Crippen LogP contribution in [0.2, 0.25) is 0 Å². The predicted octanol–water partition coefficient (Wildman–Crippen LogP) is 3.96. The number of anilines is 3. The van der Waals surface area contributed by atoms with Crippen molar-refractivity contribution in [2.45, 2.75) is 13.3 Å². The molecule has 5 rings (SSSR count). The molecule has 4 atom stereocenters. The van der Waals surface area contributed by atoms with E-state index < -0.39 is 4.92 Å². The molecule has 7 heteroatoms. The Balaban J connectivity index is 1.48. The van der Waals surface area contributed by atoms with Crippen LogP contribution in [-0.2, 0) is 9.59 Å². The highest BCUT2D eigenvalue weighted by Crippen LogP contribution is 2.53. The van der Waals surface area contributed by atoms with E-state index in [9.17, 15) is 19.7 Å². The first-order chi connectivity index (χ1) is 13.9. The number of nitro groups is 1. The van der Waals surface area contributed by atoms with Crippen molar-refractivity contribution in [1.82, 2.24) is 0 Å². The van der Waals surface area contributed by atoms with Gasteiger partial charge in [0.15, 0.2) is 0 Å². The van der Waals surface area contributed by atoms with Gasteiger partial charge in [0.1, 0.15) is 5.69 Å². The number of hydrogen-bond donors (Lipinski definition) is 1. The number of allylic oxidation sites excluding steroid dienone is 2. The van der Waals surface area contributed by atoms with Crippen LogP contribution in [0.5, 0.6) is 0 Å². The first kappa shape index (κ1) is 17.6. The molecule has 1 heterocycles. The molecule has 1 aliphatic heterocycles. The minimum absolute atomic E-state index is 0.101. The number of carbonyl (C=O) groups excluding carboxylic acids is 2. The van der Waals surface area contributed by atoms with E-state index in [1.54, 1.807) is 12.1 Å². The predicted molar refractivity (Wildman–Crippen MR) is 108 cm³/mol. The van der Waals surface area contributed by atoms with E-state index in [4.69, 9.17) is 0 Å².